The molecule has 0 spiro atoms. The van der Waals surface area contributed by atoms with E-state index in [0.29, 0.717) is 18.7 Å². The smallest absolute Gasteiger partial charge is 0.355 e. The Balaban J connectivity index is 1.52. The molecule has 3 rings (SSSR count). The second-order valence-electron chi connectivity index (χ2n) is 6.32. The molecular weight excluding hydrogens is 382 g/mol. The van der Waals surface area contributed by atoms with Crippen LogP contribution in [0.3, 0.4) is 0 Å². The largest absolute Gasteiger partial charge is 0.476 e. The number of carboxylic acid groups (broad SMARTS) is 1. The maximum Gasteiger partial charge on any atom is 0.355 e. The molecule has 0 saturated carbocycles. The number of aromatic carboxylic acids is 1. The van der Waals surface area contributed by atoms with Gasteiger partial charge in [-0.15, -0.1) is 11.3 Å². The molecule has 2 heterocycles. The third-order valence-corrected chi connectivity index (χ3v) is 6.64. The highest BCUT2D eigenvalue weighted by atomic mass is 32.2. The lowest BCUT2D eigenvalue weighted by molar-refractivity contribution is -0.128. The first-order valence-electron chi connectivity index (χ1n) is 9.01. The van der Waals surface area contributed by atoms with Crippen LogP contribution in [0.15, 0.2) is 34.0 Å². The van der Waals surface area contributed by atoms with Gasteiger partial charge in [-0.2, -0.15) is 0 Å². The number of benzene rings is 1. The summed E-state index contributed by atoms with van der Waals surface area (Å²) in [4.78, 5) is 29.2. The van der Waals surface area contributed by atoms with Crippen molar-refractivity contribution in [1.29, 1.82) is 0 Å². The average Bonchev–Trinajstić information content (AvgIpc) is 3.28. The first kappa shape index (κ1) is 19.7. The van der Waals surface area contributed by atoms with E-state index in [2.05, 4.69) is 29.4 Å². The number of hydrogen-bond acceptors (Lipinski definition) is 6. The number of likely N-dealkylation sites (tertiary alicyclic amines) is 1. The second-order valence-corrected chi connectivity index (χ2v) is 8.52. The summed E-state index contributed by atoms with van der Waals surface area (Å²) in [6.07, 6.45) is 2.43. The fourth-order valence-corrected chi connectivity index (χ4v) is 5.00. The molecule has 144 valence electrons. The van der Waals surface area contributed by atoms with Crippen molar-refractivity contribution in [2.75, 3.05) is 24.2 Å². The van der Waals surface area contributed by atoms with Gasteiger partial charge in [0.1, 0.15) is 0 Å². The van der Waals surface area contributed by atoms with Crippen LogP contribution in [0.5, 0.6) is 0 Å². The van der Waals surface area contributed by atoms with Gasteiger partial charge in [-0.1, -0.05) is 36.9 Å². The number of hydrogen-bond donors (Lipinski definition) is 2. The predicted octanol–water partition coefficient (Wildman–Crippen LogP) is 3.60. The van der Waals surface area contributed by atoms with Crippen molar-refractivity contribution in [1.82, 2.24) is 9.88 Å². The van der Waals surface area contributed by atoms with Crippen molar-refractivity contribution < 1.29 is 14.7 Å². The number of nitrogens with zero attached hydrogens (tertiary/aromatic N) is 2. The Kier molecular flexibility index (Phi) is 6.73. The van der Waals surface area contributed by atoms with Crippen molar-refractivity contribution in [2.24, 2.45) is 0 Å². The van der Waals surface area contributed by atoms with Crippen LogP contribution in [0.2, 0.25) is 0 Å². The number of nitrogens with one attached hydrogen (secondary N) is 1. The van der Waals surface area contributed by atoms with E-state index in [4.69, 9.17) is 5.11 Å². The first-order chi connectivity index (χ1) is 13.1. The number of carbonyl (C=O) groups excluding carboxylic acids is 1. The summed E-state index contributed by atoms with van der Waals surface area (Å²) in [6, 6.07) is 8.46. The van der Waals surface area contributed by atoms with Crippen LogP contribution in [-0.4, -0.2) is 51.8 Å². The number of para-hydroxylation sites is 1. The molecule has 1 atom stereocenters. The number of carboxylic acids is 1. The zero-order valence-corrected chi connectivity index (χ0v) is 16.8. The van der Waals surface area contributed by atoms with Crippen LogP contribution < -0.4 is 5.32 Å². The fraction of sp³-hybridized carbons (Fsp3) is 0.421. The third kappa shape index (κ3) is 5.01. The van der Waals surface area contributed by atoms with Gasteiger partial charge in [0.05, 0.1) is 0 Å². The molecule has 8 heteroatoms. The van der Waals surface area contributed by atoms with Crippen molar-refractivity contribution in [3.63, 3.8) is 0 Å². The fourth-order valence-electron chi connectivity index (χ4n) is 3.19. The van der Waals surface area contributed by atoms with E-state index in [1.54, 1.807) is 5.38 Å². The molecule has 1 amide bonds. The Morgan fingerprint density at radius 2 is 2.26 bits per heavy atom. The van der Waals surface area contributed by atoms with E-state index in [9.17, 15) is 9.59 Å². The molecule has 0 aliphatic carbocycles. The van der Waals surface area contributed by atoms with Gasteiger partial charge >= 0.3 is 5.97 Å². The highest BCUT2D eigenvalue weighted by Crippen LogP contribution is 2.25. The van der Waals surface area contributed by atoms with Crippen LogP contribution in [-0.2, 0) is 11.2 Å². The van der Waals surface area contributed by atoms with Crippen LogP contribution in [0.25, 0.3) is 0 Å². The van der Waals surface area contributed by atoms with Crippen LogP contribution in [0.1, 0.15) is 35.8 Å². The molecule has 1 unspecified atom stereocenters. The standard InChI is InChI=1S/C19H23N3O3S2/c1-2-13-5-3-4-6-15(13)20-11-14-7-8-17(23)22(14)9-10-26-19-21-16(12-27-19)18(24)25/h3-6,12,14,20H,2,7-11H2,1H3,(H,24,25). The second kappa shape index (κ2) is 9.23. The molecule has 1 aromatic carbocycles. The molecule has 2 aromatic rings. The van der Waals surface area contributed by atoms with Crippen LogP contribution in [0.4, 0.5) is 5.69 Å². The normalized spacial score (nSPS) is 16.7. The quantitative estimate of drug-likeness (QED) is 0.620. The maximum atomic E-state index is 12.3. The summed E-state index contributed by atoms with van der Waals surface area (Å²) in [6.45, 7) is 3.53. The molecule has 2 N–H and O–H groups in total. The lowest BCUT2D eigenvalue weighted by Crippen LogP contribution is -2.39. The van der Waals surface area contributed by atoms with E-state index >= 15 is 0 Å². The number of amides is 1. The Morgan fingerprint density at radius 3 is 3.00 bits per heavy atom. The van der Waals surface area contributed by atoms with Gasteiger partial charge in [0, 0.05) is 42.4 Å². The molecule has 0 radical (unpaired) electrons. The van der Waals surface area contributed by atoms with E-state index < -0.39 is 5.97 Å². The van der Waals surface area contributed by atoms with Gasteiger partial charge in [0.2, 0.25) is 5.91 Å². The predicted molar refractivity (Wildman–Crippen MR) is 109 cm³/mol. The van der Waals surface area contributed by atoms with Crippen LogP contribution >= 0.6 is 23.1 Å². The monoisotopic (exact) mass is 405 g/mol. The van der Waals surface area contributed by atoms with Crippen LogP contribution in [0, 0.1) is 0 Å². The number of thiazole rings is 1. The Morgan fingerprint density at radius 1 is 1.44 bits per heavy atom. The Hall–Kier alpha value is -2.06. The molecular formula is C19H23N3O3S2. The number of thioether (sulfide) groups is 1. The van der Waals surface area contributed by atoms with Gasteiger partial charge in [-0.05, 0) is 24.5 Å². The van der Waals surface area contributed by atoms with Crippen molar-refractivity contribution in [2.45, 2.75) is 36.6 Å². The maximum absolute atomic E-state index is 12.3. The molecule has 27 heavy (non-hydrogen) atoms. The highest BCUT2D eigenvalue weighted by molar-refractivity contribution is 8.01. The Bertz CT molecular complexity index is 809. The summed E-state index contributed by atoms with van der Waals surface area (Å²) in [5, 5.41) is 14.0. The van der Waals surface area contributed by atoms with Crippen molar-refractivity contribution in [3.05, 3.63) is 40.9 Å². The number of carbonyl (C=O) groups is 2. The average molecular weight is 406 g/mol. The van der Waals surface area contributed by atoms with E-state index in [1.807, 2.05) is 17.0 Å². The minimum Gasteiger partial charge on any atom is -0.476 e. The summed E-state index contributed by atoms with van der Waals surface area (Å²) in [5.74, 6) is -0.108. The molecule has 0 bridgehead atoms. The lowest BCUT2D eigenvalue weighted by atomic mass is 10.1. The lowest BCUT2D eigenvalue weighted by Gasteiger charge is -2.25. The minimum absolute atomic E-state index is 0.0800. The molecule has 1 fully saturated rings. The SMILES string of the molecule is CCc1ccccc1NCC1CCC(=O)N1CCSc1nc(C(=O)O)cs1. The van der Waals surface area contributed by atoms with Gasteiger partial charge in [0.15, 0.2) is 10.0 Å². The molecule has 1 aliphatic rings. The summed E-state index contributed by atoms with van der Waals surface area (Å²) in [7, 11) is 0. The topological polar surface area (TPSA) is 82.5 Å². The highest BCUT2D eigenvalue weighted by Gasteiger charge is 2.30. The van der Waals surface area contributed by atoms with E-state index in [0.717, 1.165) is 29.4 Å². The summed E-state index contributed by atoms with van der Waals surface area (Å²) < 4.78 is 0.727. The Labute approximate surface area is 167 Å². The minimum atomic E-state index is -1.01. The molecule has 1 saturated heterocycles. The van der Waals surface area contributed by atoms with Gasteiger partial charge < -0.3 is 15.3 Å². The summed E-state index contributed by atoms with van der Waals surface area (Å²) in [5.41, 5.74) is 2.50. The molecule has 1 aromatic heterocycles. The van der Waals surface area contributed by atoms with Gasteiger partial charge in [0.25, 0.3) is 0 Å². The third-order valence-electron chi connectivity index (χ3n) is 4.64. The number of aromatic nitrogens is 1. The van der Waals surface area contributed by atoms with E-state index in [1.165, 1.54) is 28.7 Å². The van der Waals surface area contributed by atoms with Gasteiger partial charge in [-0.25, -0.2) is 9.78 Å². The van der Waals surface area contributed by atoms with Crippen molar-refractivity contribution >= 4 is 40.7 Å². The number of anilines is 1. The summed E-state index contributed by atoms with van der Waals surface area (Å²) >= 11 is 2.83. The van der Waals surface area contributed by atoms with Gasteiger partial charge in [-0.3, -0.25) is 4.79 Å². The number of aryl methyl sites for hydroxylation is 1. The first-order valence-corrected chi connectivity index (χ1v) is 10.9. The van der Waals surface area contributed by atoms with Crippen molar-refractivity contribution in [3.8, 4) is 0 Å². The number of rotatable bonds is 9. The molecule has 6 nitrogen and oxygen atoms in total. The zero-order chi connectivity index (χ0) is 19.2. The zero-order valence-electron chi connectivity index (χ0n) is 15.2. The molecule has 1 aliphatic heterocycles. The van der Waals surface area contributed by atoms with E-state index in [-0.39, 0.29) is 17.6 Å².